The molecule has 0 saturated heterocycles. The van der Waals surface area contributed by atoms with Crippen LogP contribution in [0.2, 0.25) is 0 Å². The lowest BCUT2D eigenvalue weighted by molar-refractivity contribution is 0.0948. The Bertz CT molecular complexity index is 1080. The van der Waals surface area contributed by atoms with E-state index in [9.17, 15) is 4.79 Å². The number of nitrogens with zero attached hydrogens (tertiary/aromatic N) is 3. The summed E-state index contributed by atoms with van der Waals surface area (Å²) in [5.41, 5.74) is 3.63. The van der Waals surface area contributed by atoms with Gasteiger partial charge in [0.1, 0.15) is 25.0 Å². The van der Waals surface area contributed by atoms with Crippen LogP contribution in [0.15, 0.2) is 91.5 Å². The maximum absolute atomic E-state index is 12.7. The molecule has 1 aromatic heterocycles. The first-order valence-electron chi connectivity index (χ1n) is 9.72. The molecule has 0 aliphatic rings. The van der Waals surface area contributed by atoms with Gasteiger partial charge < -0.3 is 10.1 Å². The number of hydrogen-bond donors (Lipinski definition) is 1. The van der Waals surface area contributed by atoms with Gasteiger partial charge in [0.15, 0.2) is 0 Å². The first-order chi connectivity index (χ1) is 14.8. The van der Waals surface area contributed by atoms with Crippen LogP contribution in [0.3, 0.4) is 0 Å². The number of ether oxygens (including phenoxy) is 1. The van der Waals surface area contributed by atoms with Gasteiger partial charge in [-0.25, -0.2) is 9.67 Å². The van der Waals surface area contributed by atoms with E-state index in [0.717, 1.165) is 22.4 Å². The molecule has 0 aliphatic heterocycles. The summed E-state index contributed by atoms with van der Waals surface area (Å²) in [6.45, 7) is 1.46. The first-order valence-corrected chi connectivity index (χ1v) is 9.72. The predicted molar refractivity (Wildman–Crippen MR) is 114 cm³/mol. The van der Waals surface area contributed by atoms with Gasteiger partial charge in [-0.3, -0.25) is 4.79 Å². The van der Waals surface area contributed by atoms with Gasteiger partial charge in [-0.05, 0) is 29.3 Å². The minimum atomic E-state index is -0.117. The Morgan fingerprint density at radius 2 is 1.63 bits per heavy atom. The zero-order valence-electron chi connectivity index (χ0n) is 16.4. The molecule has 150 valence electrons. The Labute approximate surface area is 175 Å². The van der Waals surface area contributed by atoms with E-state index < -0.39 is 0 Å². The van der Waals surface area contributed by atoms with E-state index >= 15 is 0 Å². The van der Waals surface area contributed by atoms with Gasteiger partial charge in [0.2, 0.25) is 0 Å². The van der Waals surface area contributed by atoms with E-state index in [2.05, 4.69) is 15.4 Å². The van der Waals surface area contributed by atoms with Crippen molar-refractivity contribution in [2.45, 2.75) is 19.7 Å². The Hall–Kier alpha value is -3.93. The number of nitrogens with one attached hydrogen (secondary N) is 1. The van der Waals surface area contributed by atoms with Gasteiger partial charge in [0, 0.05) is 17.7 Å². The Morgan fingerprint density at radius 3 is 2.40 bits per heavy atom. The van der Waals surface area contributed by atoms with Crippen molar-refractivity contribution in [1.29, 1.82) is 0 Å². The lowest BCUT2D eigenvalue weighted by atomic mass is 10.1. The van der Waals surface area contributed by atoms with E-state index in [1.54, 1.807) is 11.0 Å². The minimum Gasteiger partial charge on any atom is -0.489 e. The average molecular weight is 398 g/mol. The monoisotopic (exact) mass is 398 g/mol. The van der Waals surface area contributed by atoms with Gasteiger partial charge >= 0.3 is 0 Å². The molecule has 3 aromatic carbocycles. The van der Waals surface area contributed by atoms with Gasteiger partial charge in [-0.1, -0.05) is 60.7 Å². The second-order valence-electron chi connectivity index (χ2n) is 6.85. The number of aromatic nitrogens is 3. The third-order valence-corrected chi connectivity index (χ3v) is 4.69. The van der Waals surface area contributed by atoms with E-state index in [4.69, 9.17) is 4.74 Å². The molecule has 0 spiro atoms. The zero-order valence-corrected chi connectivity index (χ0v) is 16.4. The number of hydrogen-bond acceptors (Lipinski definition) is 4. The SMILES string of the molecule is O=C(NCc1ccc(Cn2cncn2)cc1)c1ccccc1COc1ccccc1. The normalized spacial score (nSPS) is 10.5. The number of benzene rings is 3. The molecule has 0 aliphatic carbocycles. The minimum absolute atomic E-state index is 0.117. The summed E-state index contributed by atoms with van der Waals surface area (Å²) in [5.74, 6) is 0.660. The number of rotatable bonds is 8. The third kappa shape index (κ3) is 5.11. The van der Waals surface area contributed by atoms with Crippen LogP contribution in [0, 0.1) is 0 Å². The van der Waals surface area contributed by atoms with Crippen LogP contribution in [0.5, 0.6) is 5.75 Å². The lowest BCUT2D eigenvalue weighted by Gasteiger charge is -2.12. The number of carbonyl (C=O) groups is 1. The largest absolute Gasteiger partial charge is 0.489 e. The molecular formula is C24H22N4O2. The summed E-state index contributed by atoms with van der Waals surface area (Å²) in [6, 6.07) is 25.2. The van der Waals surface area contributed by atoms with Crippen molar-refractivity contribution in [3.8, 4) is 5.75 Å². The highest BCUT2D eigenvalue weighted by atomic mass is 16.5. The quantitative estimate of drug-likeness (QED) is 0.490. The van der Waals surface area contributed by atoms with Crippen molar-refractivity contribution in [1.82, 2.24) is 20.1 Å². The molecule has 0 atom stereocenters. The molecule has 0 radical (unpaired) electrons. The molecule has 0 unspecified atom stereocenters. The van der Waals surface area contributed by atoms with Crippen LogP contribution < -0.4 is 10.1 Å². The van der Waals surface area contributed by atoms with Crippen LogP contribution in [0.1, 0.15) is 27.0 Å². The van der Waals surface area contributed by atoms with Crippen LogP contribution in [-0.2, 0) is 19.7 Å². The Morgan fingerprint density at radius 1 is 0.900 bits per heavy atom. The van der Waals surface area contributed by atoms with Gasteiger partial charge in [-0.15, -0.1) is 0 Å². The highest BCUT2D eigenvalue weighted by molar-refractivity contribution is 5.95. The molecule has 4 rings (SSSR count). The average Bonchev–Trinajstić information content (AvgIpc) is 3.31. The molecule has 1 amide bonds. The first kappa shape index (κ1) is 19.4. The fourth-order valence-electron chi connectivity index (χ4n) is 3.09. The van der Waals surface area contributed by atoms with Crippen molar-refractivity contribution in [3.05, 3.63) is 114 Å². The van der Waals surface area contributed by atoms with Crippen LogP contribution in [0.4, 0.5) is 0 Å². The summed E-state index contributed by atoms with van der Waals surface area (Å²) >= 11 is 0. The Balaban J connectivity index is 1.35. The van der Waals surface area contributed by atoms with Crippen molar-refractivity contribution >= 4 is 5.91 Å². The Kier molecular flexibility index (Phi) is 6.15. The number of carbonyl (C=O) groups excluding carboxylic acids is 1. The van der Waals surface area contributed by atoms with Crippen molar-refractivity contribution in [2.24, 2.45) is 0 Å². The fraction of sp³-hybridized carbons (Fsp3) is 0.125. The molecular weight excluding hydrogens is 376 g/mol. The van der Waals surface area contributed by atoms with Crippen molar-refractivity contribution in [3.63, 3.8) is 0 Å². The van der Waals surface area contributed by atoms with E-state index in [-0.39, 0.29) is 5.91 Å². The van der Waals surface area contributed by atoms with Crippen molar-refractivity contribution < 1.29 is 9.53 Å². The predicted octanol–water partition coefficient (Wildman–Crippen LogP) is 3.84. The molecule has 30 heavy (non-hydrogen) atoms. The standard InChI is InChI=1S/C24H22N4O2/c29-24(23-9-5-4-6-21(23)16-30-22-7-2-1-3-8-22)26-14-19-10-12-20(13-11-19)15-28-18-25-17-27-28/h1-13,17-18H,14-16H2,(H,26,29). The van der Waals surface area contributed by atoms with E-state index in [1.807, 2.05) is 78.9 Å². The summed E-state index contributed by atoms with van der Waals surface area (Å²) in [5, 5.41) is 7.10. The second-order valence-corrected chi connectivity index (χ2v) is 6.85. The molecule has 0 bridgehead atoms. The van der Waals surface area contributed by atoms with Crippen LogP contribution in [-0.4, -0.2) is 20.7 Å². The van der Waals surface area contributed by atoms with Gasteiger partial charge in [-0.2, -0.15) is 5.10 Å². The fourth-order valence-corrected chi connectivity index (χ4v) is 3.09. The van der Waals surface area contributed by atoms with E-state index in [0.29, 0.717) is 25.3 Å². The molecule has 6 nitrogen and oxygen atoms in total. The molecule has 0 fully saturated rings. The van der Waals surface area contributed by atoms with Crippen LogP contribution in [0.25, 0.3) is 0 Å². The lowest BCUT2D eigenvalue weighted by Crippen LogP contribution is -2.24. The highest BCUT2D eigenvalue weighted by Gasteiger charge is 2.11. The topological polar surface area (TPSA) is 69.0 Å². The summed E-state index contributed by atoms with van der Waals surface area (Å²) < 4.78 is 7.58. The maximum atomic E-state index is 12.7. The molecule has 4 aromatic rings. The number of amides is 1. The number of para-hydroxylation sites is 1. The highest BCUT2D eigenvalue weighted by Crippen LogP contribution is 2.15. The van der Waals surface area contributed by atoms with Gasteiger partial charge in [0.25, 0.3) is 5.91 Å². The molecule has 1 heterocycles. The smallest absolute Gasteiger partial charge is 0.251 e. The zero-order chi connectivity index (χ0) is 20.6. The van der Waals surface area contributed by atoms with Crippen LogP contribution >= 0.6 is 0 Å². The molecule has 6 heteroatoms. The molecule has 1 N–H and O–H groups in total. The summed E-state index contributed by atoms with van der Waals surface area (Å²) in [6.07, 6.45) is 3.21. The third-order valence-electron chi connectivity index (χ3n) is 4.69. The summed E-state index contributed by atoms with van der Waals surface area (Å²) in [7, 11) is 0. The summed E-state index contributed by atoms with van der Waals surface area (Å²) in [4.78, 5) is 16.7. The molecule has 0 saturated carbocycles. The van der Waals surface area contributed by atoms with Crippen molar-refractivity contribution in [2.75, 3.05) is 0 Å². The maximum Gasteiger partial charge on any atom is 0.251 e. The second kappa shape index (κ2) is 9.52. The van der Waals surface area contributed by atoms with Gasteiger partial charge in [0.05, 0.1) is 6.54 Å². The van der Waals surface area contributed by atoms with E-state index in [1.165, 1.54) is 6.33 Å².